The number of rotatable bonds is 6. The summed E-state index contributed by atoms with van der Waals surface area (Å²) in [4.78, 5) is 11.6. The normalized spacial score (nSPS) is 14.8. The van der Waals surface area contributed by atoms with Gasteiger partial charge in [-0.2, -0.15) is 5.10 Å². The number of nitrogens with two attached hydrogens (primary N) is 1. The summed E-state index contributed by atoms with van der Waals surface area (Å²) in [6.45, 7) is 6.07. The average Bonchev–Trinajstić information content (AvgIpc) is 2.55. The number of aromatic nitrogens is 2. The van der Waals surface area contributed by atoms with Crippen LogP contribution in [0.5, 0.6) is 0 Å². The van der Waals surface area contributed by atoms with Crippen molar-refractivity contribution < 1.29 is 9.90 Å². The molecule has 18 heavy (non-hydrogen) atoms. The van der Waals surface area contributed by atoms with Crippen LogP contribution < -0.4 is 5.73 Å². The zero-order valence-corrected chi connectivity index (χ0v) is 11.6. The van der Waals surface area contributed by atoms with Gasteiger partial charge in [-0.25, -0.2) is 0 Å². The topological polar surface area (TPSA) is 81.1 Å². The van der Waals surface area contributed by atoms with E-state index in [4.69, 9.17) is 5.73 Å². The van der Waals surface area contributed by atoms with Gasteiger partial charge in [0.15, 0.2) is 0 Å². The van der Waals surface area contributed by atoms with E-state index in [1.54, 1.807) is 4.68 Å². The van der Waals surface area contributed by atoms with Crippen LogP contribution in [0.2, 0.25) is 0 Å². The van der Waals surface area contributed by atoms with E-state index in [0.717, 1.165) is 11.4 Å². The van der Waals surface area contributed by atoms with Crippen LogP contribution in [-0.4, -0.2) is 27.4 Å². The van der Waals surface area contributed by atoms with E-state index in [1.807, 2.05) is 33.9 Å². The smallest absolute Gasteiger partial charge is 0.311 e. The minimum absolute atomic E-state index is 0.144. The Morgan fingerprint density at radius 1 is 1.61 bits per heavy atom. The molecule has 0 saturated carbocycles. The molecule has 0 saturated heterocycles. The summed E-state index contributed by atoms with van der Waals surface area (Å²) < 4.78 is 1.74. The Balaban J connectivity index is 3.04. The van der Waals surface area contributed by atoms with Gasteiger partial charge in [0.25, 0.3) is 0 Å². The number of hydrogen-bond acceptors (Lipinski definition) is 3. The monoisotopic (exact) mass is 253 g/mol. The second kappa shape index (κ2) is 5.52. The molecule has 0 aliphatic rings. The summed E-state index contributed by atoms with van der Waals surface area (Å²) in [6, 6.07) is 1.92. The van der Waals surface area contributed by atoms with Gasteiger partial charge in [-0.15, -0.1) is 0 Å². The third-order valence-electron chi connectivity index (χ3n) is 3.26. The lowest BCUT2D eigenvalue weighted by atomic mass is 9.76. The molecular weight excluding hydrogens is 230 g/mol. The van der Waals surface area contributed by atoms with E-state index in [9.17, 15) is 9.90 Å². The first-order valence-electron chi connectivity index (χ1n) is 6.23. The Hall–Kier alpha value is -1.36. The maximum absolute atomic E-state index is 11.6. The Kier molecular flexibility index (Phi) is 4.51. The molecule has 1 unspecified atom stereocenters. The predicted octanol–water partition coefficient (Wildman–Crippen LogP) is 1.35. The molecular formula is C13H23N3O2. The number of carboxylic acids is 1. The number of aryl methyl sites for hydroxylation is 2. The van der Waals surface area contributed by atoms with Crippen LogP contribution in [0.25, 0.3) is 0 Å². The van der Waals surface area contributed by atoms with Crippen molar-refractivity contribution in [1.29, 1.82) is 0 Å². The second-order valence-electron chi connectivity index (χ2n) is 5.47. The van der Waals surface area contributed by atoms with E-state index < -0.39 is 11.4 Å². The van der Waals surface area contributed by atoms with Crippen LogP contribution in [0.1, 0.15) is 31.7 Å². The van der Waals surface area contributed by atoms with Gasteiger partial charge >= 0.3 is 5.97 Å². The SMILES string of the molecule is Cc1cc(CC(CN)(CC(C)C)C(=O)O)n(C)n1. The molecule has 5 nitrogen and oxygen atoms in total. The fraction of sp³-hybridized carbons (Fsp3) is 0.692. The number of carboxylic acid groups (broad SMARTS) is 1. The van der Waals surface area contributed by atoms with Gasteiger partial charge in [0.05, 0.1) is 11.1 Å². The molecule has 1 rings (SSSR count). The predicted molar refractivity (Wildman–Crippen MR) is 70.2 cm³/mol. The van der Waals surface area contributed by atoms with E-state index in [-0.39, 0.29) is 6.54 Å². The molecule has 0 bridgehead atoms. The van der Waals surface area contributed by atoms with Crippen LogP contribution in [-0.2, 0) is 18.3 Å². The van der Waals surface area contributed by atoms with Crippen molar-refractivity contribution in [3.05, 3.63) is 17.5 Å². The third kappa shape index (κ3) is 3.10. The number of carbonyl (C=O) groups is 1. The molecule has 0 aromatic carbocycles. The first kappa shape index (κ1) is 14.7. The van der Waals surface area contributed by atoms with Crippen LogP contribution in [0.15, 0.2) is 6.07 Å². The van der Waals surface area contributed by atoms with Gasteiger partial charge in [0.2, 0.25) is 0 Å². The van der Waals surface area contributed by atoms with Crippen LogP contribution >= 0.6 is 0 Å². The maximum Gasteiger partial charge on any atom is 0.311 e. The van der Waals surface area contributed by atoms with Gasteiger partial charge in [-0.1, -0.05) is 13.8 Å². The lowest BCUT2D eigenvalue weighted by Crippen LogP contribution is -2.42. The molecule has 1 atom stereocenters. The molecule has 0 spiro atoms. The van der Waals surface area contributed by atoms with Gasteiger partial charge in [-0.3, -0.25) is 9.48 Å². The minimum Gasteiger partial charge on any atom is -0.481 e. The summed E-state index contributed by atoms with van der Waals surface area (Å²) in [7, 11) is 1.83. The molecule has 1 aromatic rings. The summed E-state index contributed by atoms with van der Waals surface area (Å²) in [5, 5.41) is 13.8. The molecule has 5 heteroatoms. The van der Waals surface area contributed by atoms with Crippen molar-refractivity contribution in [1.82, 2.24) is 9.78 Å². The number of aliphatic carboxylic acids is 1. The van der Waals surface area contributed by atoms with Crippen LogP contribution in [0, 0.1) is 18.3 Å². The van der Waals surface area contributed by atoms with E-state index in [0.29, 0.717) is 18.8 Å². The highest BCUT2D eigenvalue weighted by Gasteiger charge is 2.38. The highest BCUT2D eigenvalue weighted by molar-refractivity contribution is 5.75. The average molecular weight is 253 g/mol. The molecule has 102 valence electrons. The molecule has 0 aliphatic heterocycles. The largest absolute Gasteiger partial charge is 0.481 e. The quantitative estimate of drug-likeness (QED) is 0.801. The number of nitrogens with zero attached hydrogens (tertiary/aromatic N) is 2. The summed E-state index contributed by atoms with van der Waals surface area (Å²) in [5.41, 5.74) is 6.67. The van der Waals surface area contributed by atoms with Crippen LogP contribution in [0.4, 0.5) is 0 Å². The van der Waals surface area contributed by atoms with Crippen molar-refractivity contribution >= 4 is 5.97 Å². The highest BCUT2D eigenvalue weighted by Crippen LogP contribution is 2.30. The second-order valence-corrected chi connectivity index (χ2v) is 5.47. The zero-order valence-electron chi connectivity index (χ0n) is 11.6. The minimum atomic E-state index is -0.894. The molecule has 1 aromatic heterocycles. The lowest BCUT2D eigenvalue weighted by molar-refractivity contribution is -0.149. The Labute approximate surface area is 108 Å². The van der Waals surface area contributed by atoms with Crippen molar-refractivity contribution in [3.63, 3.8) is 0 Å². The van der Waals surface area contributed by atoms with Gasteiger partial charge < -0.3 is 10.8 Å². The van der Waals surface area contributed by atoms with Gasteiger partial charge in [0.1, 0.15) is 0 Å². The molecule has 0 aliphatic carbocycles. The van der Waals surface area contributed by atoms with Crippen molar-refractivity contribution in [2.75, 3.05) is 6.54 Å². The molecule has 0 fully saturated rings. The Morgan fingerprint density at radius 2 is 2.22 bits per heavy atom. The van der Waals surface area contributed by atoms with E-state index >= 15 is 0 Å². The molecule has 3 N–H and O–H groups in total. The van der Waals surface area contributed by atoms with Crippen molar-refractivity contribution in [3.8, 4) is 0 Å². The third-order valence-corrected chi connectivity index (χ3v) is 3.26. The zero-order chi connectivity index (χ0) is 13.9. The van der Waals surface area contributed by atoms with Crippen LogP contribution in [0.3, 0.4) is 0 Å². The molecule has 0 radical (unpaired) electrons. The first-order valence-corrected chi connectivity index (χ1v) is 6.23. The van der Waals surface area contributed by atoms with E-state index in [2.05, 4.69) is 5.10 Å². The molecule has 0 amide bonds. The Bertz CT molecular complexity index is 426. The summed E-state index contributed by atoms with van der Waals surface area (Å²) >= 11 is 0. The Morgan fingerprint density at radius 3 is 2.56 bits per heavy atom. The summed E-state index contributed by atoms with van der Waals surface area (Å²) in [6.07, 6.45) is 0.997. The van der Waals surface area contributed by atoms with Gasteiger partial charge in [-0.05, 0) is 25.3 Å². The van der Waals surface area contributed by atoms with Crippen molar-refractivity contribution in [2.45, 2.75) is 33.6 Å². The molecule has 1 heterocycles. The summed E-state index contributed by atoms with van der Waals surface area (Å²) in [5.74, 6) is -0.531. The van der Waals surface area contributed by atoms with E-state index in [1.165, 1.54) is 0 Å². The first-order chi connectivity index (χ1) is 8.30. The lowest BCUT2D eigenvalue weighted by Gasteiger charge is -2.29. The highest BCUT2D eigenvalue weighted by atomic mass is 16.4. The fourth-order valence-electron chi connectivity index (χ4n) is 2.44. The number of hydrogen-bond donors (Lipinski definition) is 2. The van der Waals surface area contributed by atoms with Gasteiger partial charge in [0, 0.05) is 25.7 Å². The van der Waals surface area contributed by atoms with Crippen molar-refractivity contribution in [2.24, 2.45) is 24.1 Å². The standard InChI is InChI=1S/C13H23N3O2/c1-9(2)6-13(8-14,12(17)18)7-11-5-10(3)15-16(11)4/h5,9H,6-8,14H2,1-4H3,(H,17,18). The fourth-order valence-corrected chi connectivity index (χ4v) is 2.44. The maximum atomic E-state index is 11.6.